The molecular weight excluding hydrogens is 256 g/mol. The number of hydrogen-bond acceptors (Lipinski definition) is 3. The van der Waals surface area contributed by atoms with Crippen molar-refractivity contribution in [1.29, 1.82) is 0 Å². The molecule has 2 aliphatic carbocycles. The van der Waals surface area contributed by atoms with Crippen LogP contribution in [0.15, 0.2) is 0 Å². The van der Waals surface area contributed by atoms with E-state index in [-0.39, 0.29) is 24.3 Å². The number of nitrogens with one attached hydrogen (secondary N) is 2. The number of carbonyl (C=O) groups excluding carboxylic acids is 2. The van der Waals surface area contributed by atoms with Gasteiger partial charge < -0.3 is 15.7 Å². The van der Waals surface area contributed by atoms with Gasteiger partial charge in [-0.15, -0.1) is 0 Å². The predicted molar refractivity (Wildman–Crippen MR) is 75.8 cm³/mol. The SMILES string of the molecule is CC1CC1C(=O)NCCC(=O)NCC1CCCC1CO. The van der Waals surface area contributed by atoms with Crippen LogP contribution in [0.5, 0.6) is 0 Å². The van der Waals surface area contributed by atoms with Crippen LogP contribution in [-0.2, 0) is 9.59 Å². The molecule has 5 nitrogen and oxygen atoms in total. The molecule has 0 saturated heterocycles. The highest BCUT2D eigenvalue weighted by atomic mass is 16.3. The molecule has 114 valence electrons. The first-order chi connectivity index (χ1) is 9.61. The number of rotatable bonds is 7. The second-order valence-corrected chi connectivity index (χ2v) is 6.30. The molecule has 0 aromatic rings. The average molecular weight is 282 g/mol. The Bertz CT molecular complexity index is 359. The zero-order valence-corrected chi connectivity index (χ0v) is 12.2. The van der Waals surface area contributed by atoms with Crippen LogP contribution in [0.3, 0.4) is 0 Å². The van der Waals surface area contributed by atoms with Gasteiger partial charge in [-0.3, -0.25) is 9.59 Å². The monoisotopic (exact) mass is 282 g/mol. The Hall–Kier alpha value is -1.10. The van der Waals surface area contributed by atoms with Crippen LogP contribution >= 0.6 is 0 Å². The van der Waals surface area contributed by atoms with Gasteiger partial charge in [-0.2, -0.15) is 0 Å². The number of carbonyl (C=O) groups is 2. The molecule has 2 fully saturated rings. The molecule has 2 amide bonds. The molecule has 4 atom stereocenters. The van der Waals surface area contributed by atoms with Crippen molar-refractivity contribution >= 4 is 11.8 Å². The Kier molecular flexibility index (Phi) is 5.40. The smallest absolute Gasteiger partial charge is 0.223 e. The zero-order chi connectivity index (χ0) is 14.5. The third-order valence-electron chi connectivity index (χ3n) is 4.71. The summed E-state index contributed by atoms with van der Waals surface area (Å²) in [6.07, 6.45) is 4.60. The van der Waals surface area contributed by atoms with Crippen LogP contribution in [0.25, 0.3) is 0 Å². The molecule has 0 aromatic carbocycles. The fourth-order valence-corrected chi connectivity index (χ4v) is 3.07. The summed E-state index contributed by atoms with van der Waals surface area (Å²) in [7, 11) is 0. The first-order valence-electron chi connectivity index (χ1n) is 7.77. The maximum Gasteiger partial charge on any atom is 0.223 e. The van der Waals surface area contributed by atoms with E-state index in [0.29, 0.717) is 37.3 Å². The number of amides is 2. The van der Waals surface area contributed by atoms with Crippen LogP contribution in [-0.4, -0.2) is 36.6 Å². The maximum absolute atomic E-state index is 11.7. The van der Waals surface area contributed by atoms with Gasteiger partial charge in [0.25, 0.3) is 0 Å². The summed E-state index contributed by atoms with van der Waals surface area (Å²) in [6, 6.07) is 0. The van der Waals surface area contributed by atoms with Crippen molar-refractivity contribution in [2.75, 3.05) is 19.7 Å². The van der Waals surface area contributed by atoms with E-state index in [0.717, 1.165) is 25.7 Å². The lowest BCUT2D eigenvalue weighted by Crippen LogP contribution is -2.35. The molecule has 0 aromatic heterocycles. The van der Waals surface area contributed by atoms with Crippen molar-refractivity contribution in [3.8, 4) is 0 Å². The van der Waals surface area contributed by atoms with Gasteiger partial charge in [0.2, 0.25) is 11.8 Å². The van der Waals surface area contributed by atoms with E-state index in [9.17, 15) is 14.7 Å². The molecule has 2 saturated carbocycles. The molecule has 0 aliphatic heterocycles. The number of hydrogen-bond donors (Lipinski definition) is 3. The number of aliphatic hydroxyl groups is 1. The molecule has 5 heteroatoms. The molecule has 2 aliphatic rings. The van der Waals surface area contributed by atoms with Crippen molar-refractivity contribution in [3.63, 3.8) is 0 Å². The highest BCUT2D eigenvalue weighted by Gasteiger charge is 2.38. The molecule has 2 rings (SSSR count). The largest absolute Gasteiger partial charge is 0.396 e. The quantitative estimate of drug-likeness (QED) is 0.642. The number of aliphatic hydroxyl groups excluding tert-OH is 1. The summed E-state index contributed by atoms with van der Waals surface area (Å²) in [6.45, 7) is 3.35. The van der Waals surface area contributed by atoms with Crippen LogP contribution in [0.4, 0.5) is 0 Å². The lowest BCUT2D eigenvalue weighted by molar-refractivity contribution is -0.123. The van der Waals surface area contributed by atoms with E-state index in [2.05, 4.69) is 17.6 Å². The third kappa shape index (κ3) is 4.20. The van der Waals surface area contributed by atoms with Crippen molar-refractivity contribution in [2.24, 2.45) is 23.7 Å². The molecule has 0 spiro atoms. The zero-order valence-electron chi connectivity index (χ0n) is 12.2. The summed E-state index contributed by atoms with van der Waals surface area (Å²) < 4.78 is 0. The van der Waals surface area contributed by atoms with Crippen molar-refractivity contribution in [3.05, 3.63) is 0 Å². The summed E-state index contributed by atoms with van der Waals surface area (Å²) in [4.78, 5) is 23.3. The third-order valence-corrected chi connectivity index (χ3v) is 4.71. The van der Waals surface area contributed by atoms with Gasteiger partial charge in [0.15, 0.2) is 0 Å². The molecule has 20 heavy (non-hydrogen) atoms. The van der Waals surface area contributed by atoms with E-state index in [1.165, 1.54) is 0 Å². The van der Waals surface area contributed by atoms with Crippen molar-refractivity contribution in [2.45, 2.75) is 39.0 Å². The van der Waals surface area contributed by atoms with Crippen molar-refractivity contribution < 1.29 is 14.7 Å². The Morgan fingerprint density at radius 1 is 1.20 bits per heavy atom. The van der Waals surface area contributed by atoms with Crippen LogP contribution < -0.4 is 10.6 Å². The predicted octanol–water partition coefficient (Wildman–Crippen LogP) is 0.673. The Balaban J connectivity index is 1.55. The summed E-state index contributed by atoms with van der Waals surface area (Å²) in [5.41, 5.74) is 0. The standard InChI is InChI=1S/C15H26N2O3/c1-10-7-13(10)15(20)16-6-5-14(19)17-8-11-3-2-4-12(11)9-18/h10-13,18H,2-9H2,1H3,(H,16,20)(H,17,19). The van der Waals surface area contributed by atoms with Gasteiger partial charge in [0.1, 0.15) is 0 Å². The van der Waals surface area contributed by atoms with E-state index in [1.807, 2.05) is 0 Å². The van der Waals surface area contributed by atoms with E-state index in [1.54, 1.807) is 0 Å². The fourth-order valence-electron chi connectivity index (χ4n) is 3.07. The maximum atomic E-state index is 11.7. The second kappa shape index (κ2) is 7.07. The Labute approximate surface area is 120 Å². The molecule has 3 N–H and O–H groups in total. The van der Waals surface area contributed by atoms with Crippen LogP contribution in [0, 0.1) is 23.7 Å². The lowest BCUT2D eigenvalue weighted by Gasteiger charge is -2.17. The highest BCUT2D eigenvalue weighted by molar-refractivity contribution is 5.82. The Morgan fingerprint density at radius 3 is 2.55 bits per heavy atom. The average Bonchev–Trinajstić information content (AvgIpc) is 3.00. The molecular formula is C15H26N2O3. The first kappa shape index (κ1) is 15.3. The van der Waals surface area contributed by atoms with Gasteiger partial charge in [0, 0.05) is 32.0 Å². The summed E-state index contributed by atoms with van der Waals surface area (Å²) in [5.74, 6) is 1.49. The molecule has 4 unspecified atom stereocenters. The minimum Gasteiger partial charge on any atom is -0.396 e. The molecule has 0 bridgehead atoms. The van der Waals surface area contributed by atoms with Gasteiger partial charge in [-0.1, -0.05) is 13.3 Å². The minimum absolute atomic E-state index is 0.0160. The van der Waals surface area contributed by atoms with Gasteiger partial charge in [-0.25, -0.2) is 0 Å². The van der Waals surface area contributed by atoms with E-state index in [4.69, 9.17) is 0 Å². The second-order valence-electron chi connectivity index (χ2n) is 6.30. The highest BCUT2D eigenvalue weighted by Crippen LogP contribution is 2.37. The first-order valence-corrected chi connectivity index (χ1v) is 7.77. The minimum atomic E-state index is -0.0160. The topological polar surface area (TPSA) is 78.4 Å². The van der Waals surface area contributed by atoms with E-state index >= 15 is 0 Å². The van der Waals surface area contributed by atoms with E-state index < -0.39 is 0 Å². The Morgan fingerprint density at radius 2 is 1.90 bits per heavy atom. The van der Waals surface area contributed by atoms with Crippen LogP contribution in [0.2, 0.25) is 0 Å². The van der Waals surface area contributed by atoms with Gasteiger partial charge >= 0.3 is 0 Å². The molecule has 0 heterocycles. The van der Waals surface area contributed by atoms with Crippen LogP contribution in [0.1, 0.15) is 39.0 Å². The van der Waals surface area contributed by atoms with Crippen molar-refractivity contribution in [1.82, 2.24) is 10.6 Å². The summed E-state index contributed by atoms with van der Waals surface area (Å²) >= 11 is 0. The lowest BCUT2D eigenvalue weighted by atomic mass is 9.97. The normalized spacial score (nSPS) is 31.9. The van der Waals surface area contributed by atoms with Gasteiger partial charge in [-0.05, 0) is 37.0 Å². The summed E-state index contributed by atoms with van der Waals surface area (Å²) in [5, 5.41) is 15.0. The van der Waals surface area contributed by atoms with Gasteiger partial charge in [0.05, 0.1) is 0 Å². The molecule has 0 radical (unpaired) electrons. The fraction of sp³-hybridized carbons (Fsp3) is 0.867.